The molecule has 0 aromatic heterocycles. The van der Waals surface area contributed by atoms with E-state index in [0.717, 1.165) is 32.5 Å². The molecule has 2 fully saturated rings. The summed E-state index contributed by atoms with van der Waals surface area (Å²) in [5.41, 5.74) is 0. The topological polar surface area (TPSA) is 15.3 Å². The standard InChI is InChI=1S/C15H27F3N2/c16-15(17,18)14-6-4-5-13(11-14)12-19-7-10-20-8-2-1-3-9-20/h13-14,19H,1-12H2. The Kier molecular flexibility index (Phi) is 6.15. The van der Waals surface area contributed by atoms with Crippen molar-refractivity contribution in [2.75, 3.05) is 32.7 Å². The van der Waals surface area contributed by atoms with Gasteiger partial charge in [0.15, 0.2) is 0 Å². The van der Waals surface area contributed by atoms with Gasteiger partial charge in [0.1, 0.15) is 0 Å². The van der Waals surface area contributed by atoms with Crippen molar-refractivity contribution in [3.8, 4) is 0 Å². The van der Waals surface area contributed by atoms with E-state index in [1.54, 1.807) is 0 Å². The molecule has 1 saturated heterocycles. The van der Waals surface area contributed by atoms with Gasteiger partial charge in [-0.25, -0.2) is 0 Å². The molecule has 0 amide bonds. The van der Waals surface area contributed by atoms with E-state index < -0.39 is 12.1 Å². The normalized spacial score (nSPS) is 29.6. The SMILES string of the molecule is FC(F)(F)C1CCCC(CNCCN2CCCCC2)C1. The first-order valence-electron chi connectivity index (χ1n) is 8.05. The molecule has 20 heavy (non-hydrogen) atoms. The van der Waals surface area contributed by atoms with Gasteiger partial charge in [-0.1, -0.05) is 12.8 Å². The molecule has 2 nitrogen and oxygen atoms in total. The molecule has 118 valence electrons. The van der Waals surface area contributed by atoms with Crippen molar-refractivity contribution in [3.63, 3.8) is 0 Å². The van der Waals surface area contributed by atoms with Gasteiger partial charge in [0.2, 0.25) is 0 Å². The highest BCUT2D eigenvalue weighted by Crippen LogP contribution is 2.39. The average molecular weight is 292 g/mol. The molecule has 0 spiro atoms. The number of hydrogen-bond donors (Lipinski definition) is 1. The fraction of sp³-hybridized carbons (Fsp3) is 1.00. The largest absolute Gasteiger partial charge is 0.391 e. The maximum absolute atomic E-state index is 12.7. The third-order valence-electron chi connectivity index (χ3n) is 4.73. The van der Waals surface area contributed by atoms with Crippen LogP contribution in [0.15, 0.2) is 0 Å². The summed E-state index contributed by atoms with van der Waals surface area (Å²) in [5, 5.41) is 3.37. The Morgan fingerprint density at radius 2 is 1.75 bits per heavy atom. The van der Waals surface area contributed by atoms with E-state index in [1.165, 1.54) is 32.4 Å². The highest BCUT2D eigenvalue weighted by molar-refractivity contribution is 4.79. The van der Waals surface area contributed by atoms with Crippen molar-refractivity contribution in [3.05, 3.63) is 0 Å². The molecular formula is C15H27F3N2. The van der Waals surface area contributed by atoms with Crippen LogP contribution < -0.4 is 5.32 Å². The predicted octanol–water partition coefficient (Wildman–Crippen LogP) is 3.43. The molecule has 0 bridgehead atoms. The first-order chi connectivity index (χ1) is 9.55. The first kappa shape index (κ1) is 16.1. The Morgan fingerprint density at radius 3 is 2.45 bits per heavy atom. The minimum absolute atomic E-state index is 0.205. The lowest BCUT2D eigenvalue weighted by Gasteiger charge is -2.31. The van der Waals surface area contributed by atoms with Crippen LogP contribution in [0.2, 0.25) is 0 Å². The molecule has 1 aliphatic carbocycles. The second kappa shape index (κ2) is 7.64. The molecule has 2 aliphatic rings. The Morgan fingerprint density at radius 1 is 1.00 bits per heavy atom. The van der Waals surface area contributed by atoms with E-state index in [9.17, 15) is 13.2 Å². The van der Waals surface area contributed by atoms with Crippen LogP contribution in [0.3, 0.4) is 0 Å². The van der Waals surface area contributed by atoms with Crippen molar-refractivity contribution in [2.45, 2.75) is 51.1 Å². The number of halogens is 3. The summed E-state index contributed by atoms with van der Waals surface area (Å²) in [4.78, 5) is 2.45. The first-order valence-corrected chi connectivity index (χ1v) is 8.05. The zero-order valence-electron chi connectivity index (χ0n) is 12.2. The molecule has 1 saturated carbocycles. The molecule has 1 aliphatic heterocycles. The highest BCUT2D eigenvalue weighted by Gasteiger charge is 2.41. The van der Waals surface area contributed by atoms with Gasteiger partial charge in [-0.2, -0.15) is 13.2 Å². The summed E-state index contributed by atoms with van der Waals surface area (Å²) in [7, 11) is 0. The Balaban J connectivity index is 1.59. The Labute approximate surface area is 120 Å². The average Bonchev–Trinajstić information content (AvgIpc) is 2.44. The molecular weight excluding hydrogens is 265 g/mol. The predicted molar refractivity (Wildman–Crippen MR) is 74.7 cm³/mol. The quantitative estimate of drug-likeness (QED) is 0.781. The maximum Gasteiger partial charge on any atom is 0.391 e. The number of likely N-dealkylation sites (tertiary alicyclic amines) is 1. The molecule has 0 aromatic rings. The maximum atomic E-state index is 12.7. The molecule has 2 rings (SSSR count). The van der Waals surface area contributed by atoms with Crippen LogP contribution >= 0.6 is 0 Å². The van der Waals surface area contributed by atoms with E-state index in [1.807, 2.05) is 0 Å². The van der Waals surface area contributed by atoms with E-state index in [-0.39, 0.29) is 5.92 Å². The molecule has 2 atom stereocenters. The summed E-state index contributed by atoms with van der Waals surface area (Å²) in [6, 6.07) is 0. The van der Waals surface area contributed by atoms with Gasteiger partial charge in [-0.05, 0) is 57.7 Å². The van der Waals surface area contributed by atoms with E-state index in [2.05, 4.69) is 10.2 Å². The van der Waals surface area contributed by atoms with E-state index in [0.29, 0.717) is 12.8 Å². The van der Waals surface area contributed by atoms with Crippen LogP contribution in [0.4, 0.5) is 13.2 Å². The van der Waals surface area contributed by atoms with Gasteiger partial charge < -0.3 is 10.2 Å². The summed E-state index contributed by atoms with van der Waals surface area (Å²) in [5.74, 6) is -0.859. The molecule has 5 heteroatoms. The van der Waals surface area contributed by atoms with Gasteiger partial charge in [0.25, 0.3) is 0 Å². The second-order valence-corrected chi connectivity index (χ2v) is 6.38. The van der Waals surface area contributed by atoms with Gasteiger partial charge in [-0.15, -0.1) is 0 Å². The van der Waals surface area contributed by atoms with Gasteiger partial charge in [0, 0.05) is 13.1 Å². The number of nitrogens with one attached hydrogen (secondary N) is 1. The summed E-state index contributed by atoms with van der Waals surface area (Å²) in [6.45, 7) is 5.06. The molecule has 1 heterocycles. The lowest BCUT2D eigenvalue weighted by molar-refractivity contribution is -0.185. The minimum Gasteiger partial charge on any atom is -0.315 e. The molecule has 0 radical (unpaired) electrons. The van der Waals surface area contributed by atoms with Crippen LogP contribution in [0.5, 0.6) is 0 Å². The number of rotatable bonds is 5. The smallest absolute Gasteiger partial charge is 0.315 e. The van der Waals surface area contributed by atoms with Crippen molar-refractivity contribution < 1.29 is 13.2 Å². The fourth-order valence-corrected chi connectivity index (χ4v) is 3.50. The Hall–Kier alpha value is -0.290. The highest BCUT2D eigenvalue weighted by atomic mass is 19.4. The van der Waals surface area contributed by atoms with Crippen molar-refractivity contribution >= 4 is 0 Å². The number of piperidine rings is 1. The third kappa shape index (κ3) is 5.24. The van der Waals surface area contributed by atoms with Crippen LogP contribution in [-0.4, -0.2) is 43.8 Å². The lowest BCUT2D eigenvalue weighted by atomic mass is 9.81. The van der Waals surface area contributed by atoms with Gasteiger partial charge >= 0.3 is 6.18 Å². The van der Waals surface area contributed by atoms with Crippen molar-refractivity contribution in [1.29, 1.82) is 0 Å². The van der Waals surface area contributed by atoms with Crippen molar-refractivity contribution in [2.24, 2.45) is 11.8 Å². The number of hydrogen-bond acceptors (Lipinski definition) is 2. The van der Waals surface area contributed by atoms with Crippen LogP contribution in [0.1, 0.15) is 44.9 Å². The monoisotopic (exact) mass is 292 g/mol. The molecule has 1 N–H and O–H groups in total. The number of nitrogens with zero attached hydrogens (tertiary/aromatic N) is 1. The van der Waals surface area contributed by atoms with Crippen molar-refractivity contribution in [1.82, 2.24) is 10.2 Å². The third-order valence-corrected chi connectivity index (χ3v) is 4.73. The van der Waals surface area contributed by atoms with Gasteiger partial charge in [0.05, 0.1) is 5.92 Å². The van der Waals surface area contributed by atoms with E-state index >= 15 is 0 Å². The van der Waals surface area contributed by atoms with Gasteiger partial charge in [-0.3, -0.25) is 0 Å². The lowest BCUT2D eigenvalue weighted by Crippen LogP contribution is -2.38. The van der Waals surface area contributed by atoms with Crippen LogP contribution in [-0.2, 0) is 0 Å². The fourth-order valence-electron chi connectivity index (χ4n) is 3.50. The van der Waals surface area contributed by atoms with E-state index in [4.69, 9.17) is 0 Å². The second-order valence-electron chi connectivity index (χ2n) is 6.38. The summed E-state index contributed by atoms with van der Waals surface area (Å²) in [6.07, 6.45) is 2.24. The zero-order valence-corrected chi connectivity index (χ0v) is 12.2. The summed E-state index contributed by atoms with van der Waals surface area (Å²) < 4.78 is 38.2. The van der Waals surface area contributed by atoms with Crippen LogP contribution in [0, 0.1) is 11.8 Å². The molecule has 0 aromatic carbocycles. The molecule has 2 unspecified atom stereocenters. The van der Waals surface area contributed by atoms with Crippen LogP contribution in [0.25, 0.3) is 0 Å². The summed E-state index contributed by atoms with van der Waals surface area (Å²) >= 11 is 0. The number of alkyl halides is 3. The minimum atomic E-state index is -3.99. The zero-order chi connectivity index (χ0) is 14.4. The Bertz CT molecular complexity index is 275.